The van der Waals surface area contributed by atoms with Crippen LogP contribution in [0.2, 0.25) is 0 Å². The van der Waals surface area contributed by atoms with Crippen LogP contribution in [0.15, 0.2) is 16.8 Å². The maximum Gasteiger partial charge on any atom is 0.0509 e. The van der Waals surface area contributed by atoms with Crippen molar-refractivity contribution >= 4 is 11.3 Å². The van der Waals surface area contributed by atoms with E-state index in [0.29, 0.717) is 12.0 Å². The first-order valence-electron chi connectivity index (χ1n) is 5.70. The van der Waals surface area contributed by atoms with Gasteiger partial charge in [0.05, 0.1) is 6.61 Å². The van der Waals surface area contributed by atoms with Gasteiger partial charge in [0.1, 0.15) is 0 Å². The van der Waals surface area contributed by atoms with E-state index >= 15 is 0 Å². The van der Waals surface area contributed by atoms with E-state index in [1.165, 1.54) is 18.4 Å². The van der Waals surface area contributed by atoms with Crippen LogP contribution in [-0.2, 0) is 11.2 Å². The largest absolute Gasteiger partial charge is 0.381 e. The lowest BCUT2D eigenvalue weighted by Gasteiger charge is -2.27. The predicted molar refractivity (Wildman–Crippen MR) is 64.2 cm³/mol. The molecule has 0 amide bonds. The summed E-state index contributed by atoms with van der Waals surface area (Å²) in [6, 6.07) is 2.50. The molecule has 0 aliphatic carbocycles. The van der Waals surface area contributed by atoms with E-state index in [1.807, 2.05) is 0 Å². The number of ether oxygens (including phenoxy) is 1. The molecule has 1 aliphatic rings. The van der Waals surface area contributed by atoms with Crippen molar-refractivity contribution in [3.05, 3.63) is 22.4 Å². The van der Waals surface area contributed by atoms with Gasteiger partial charge in [-0.15, -0.1) is 0 Å². The summed E-state index contributed by atoms with van der Waals surface area (Å²) in [5.41, 5.74) is 7.61. The highest BCUT2D eigenvalue weighted by Gasteiger charge is 2.20. The quantitative estimate of drug-likeness (QED) is 0.854. The second-order valence-electron chi connectivity index (χ2n) is 4.31. The van der Waals surface area contributed by atoms with E-state index in [0.717, 1.165) is 26.1 Å². The molecule has 3 heteroatoms. The van der Waals surface area contributed by atoms with Crippen molar-refractivity contribution in [3.63, 3.8) is 0 Å². The first kappa shape index (κ1) is 11.1. The van der Waals surface area contributed by atoms with Crippen LogP contribution in [0, 0.1) is 5.92 Å². The van der Waals surface area contributed by atoms with Crippen molar-refractivity contribution in [1.29, 1.82) is 0 Å². The molecule has 0 bridgehead atoms. The number of nitrogens with two attached hydrogens (primary N) is 1. The Morgan fingerprint density at radius 1 is 1.60 bits per heavy atom. The standard InChI is InChI=1S/C12H19NOS/c13-12(11-2-1-6-14-8-11)4-3-10-5-7-15-9-10/h5,7,9,11-12H,1-4,6,8,13H2. The van der Waals surface area contributed by atoms with Crippen molar-refractivity contribution in [2.45, 2.75) is 31.7 Å². The summed E-state index contributed by atoms with van der Waals surface area (Å²) in [6.07, 6.45) is 4.62. The second kappa shape index (κ2) is 5.64. The Balaban J connectivity index is 1.74. The fourth-order valence-corrected chi connectivity index (χ4v) is 2.81. The Labute approximate surface area is 95.4 Å². The average Bonchev–Trinajstić information content (AvgIpc) is 2.80. The molecule has 2 heterocycles. The molecule has 1 fully saturated rings. The monoisotopic (exact) mass is 225 g/mol. The lowest BCUT2D eigenvalue weighted by molar-refractivity contribution is 0.0439. The summed E-state index contributed by atoms with van der Waals surface area (Å²) in [4.78, 5) is 0. The molecule has 1 aliphatic heterocycles. The van der Waals surface area contributed by atoms with Crippen LogP contribution in [0.1, 0.15) is 24.8 Å². The molecule has 2 N–H and O–H groups in total. The van der Waals surface area contributed by atoms with E-state index in [-0.39, 0.29) is 0 Å². The maximum absolute atomic E-state index is 6.19. The highest BCUT2D eigenvalue weighted by atomic mass is 32.1. The Hall–Kier alpha value is -0.380. The predicted octanol–water partition coefficient (Wildman–Crippen LogP) is 2.43. The summed E-state index contributed by atoms with van der Waals surface area (Å²) in [6.45, 7) is 1.79. The number of aryl methyl sites for hydroxylation is 1. The highest BCUT2D eigenvalue weighted by Crippen LogP contribution is 2.19. The lowest BCUT2D eigenvalue weighted by Crippen LogP contribution is -2.36. The van der Waals surface area contributed by atoms with E-state index in [9.17, 15) is 0 Å². The summed E-state index contributed by atoms with van der Waals surface area (Å²) in [5, 5.41) is 4.34. The van der Waals surface area contributed by atoms with Crippen LogP contribution in [0.4, 0.5) is 0 Å². The molecule has 1 aromatic heterocycles. The fraction of sp³-hybridized carbons (Fsp3) is 0.667. The van der Waals surface area contributed by atoms with Gasteiger partial charge in [-0.05, 0) is 54.0 Å². The Morgan fingerprint density at radius 2 is 2.53 bits per heavy atom. The second-order valence-corrected chi connectivity index (χ2v) is 5.09. The fourth-order valence-electron chi connectivity index (χ4n) is 2.11. The molecule has 2 atom stereocenters. The van der Waals surface area contributed by atoms with Gasteiger partial charge in [-0.25, -0.2) is 0 Å². The molecule has 1 aromatic rings. The molecular weight excluding hydrogens is 206 g/mol. The van der Waals surface area contributed by atoms with Gasteiger partial charge in [-0.1, -0.05) is 0 Å². The zero-order valence-corrected chi connectivity index (χ0v) is 9.84. The third-order valence-electron chi connectivity index (χ3n) is 3.15. The molecule has 0 radical (unpaired) electrons. The first-order valence-corrected chi connectivity index (χ1v) is 6.65. The van der Waals surface area contributed by atoms with Gasteiger partial charge < -0.3 is 10.5 Å². The molecule has 2 unspecified atom stereocenters. The van der Waals surface area contributed by atoms with Crippen LogP contribution in [0.3, 0.4) is 0 Å². The Bertz CT molecular complexity index is 267. The van der Waals surface area contributed by atoms with Gasteiger partial charge >= 0.3 is 0 Å². The van der Waals surface area contributed by atoms with Gasteiger partial charge in [-0.3, -0.25) is 0 Å². The number of hydrogen-bond acceptors (Lipinski definition) is 3. The van der Waals surface area contributed by atoms with Gasteiger partial charge in [0.15, 0.2) is 0 Å². The van der Waals surface area contributed by atoms with Gasteiger partial charge in [0.2, 0.25) is 0 Å². The van der Waals surface area contributed by atoms with Crippen LogP contribution in [-0.4, -0.2) is 19.3 Å². The van der Waals surface area contributed by atoms with Crippen LogP contribution in [0.25, 0.3) is 0 Å². The zero-order valence-electron chi connectivity index (χ0n) is 9.02. The average molecular weight is 225 g/mol. The molecule has 1 saturated heterocycles. The van der Waals surface area contributed by atoms with Crippen molar-refractivity contribution in [3.8, 4) is 0 Å². The zero-order chi connectivity index (χ0) is 10.5. The van der Waals surface area contributed by atoms with Gasteiger partial charge in [-0.2, -0.15) is 11.3 Å². The lowest BCUT2D eigenvalue weighted by atomic mass is 9.91. The molecule has 2 nitrogen and oxygen atoms in total. The number of thiophene rings is 1. The minimum atomic E-state index is 0.310. The van der Waals surface area contributed by atoms with E-state index < -0.39 is 0 Å². The van der Waals surface area contributed by atoms with E-state index in [2.05, 4.69) is 16.8 Å². The molecule has 0 spiro atoms. The molecular formula is C12H19NOS. The summed E-state index contributed by atoms with van der Waals surface area (Å²) in [7, 11) is 0. The van der Waals surface area contributed by atoms with Crippen LogP contribution in [0.5, 0.6) is 0 Å². The smallest absolute Gasteiger partial charge is 0.0509 e. The maximum atomic E-state index is 6.19. The van der Waals surface area contributed by atoms with Crippen molar-refractivity contribution in [2.24, 2.45) is 11.7 Å². The minimum absolute atomic E-state index is 0.310. The molecule has 2 rings (SSSR count). The number of hydrogen-bond donors (Lipinski definition) is 1. The van der Waals surface area contributed by atoms with Gasteiger partial charge in [0, 0.05) is 12.6 Å². The normalized spacial score (nSPS) is 23.9. The SMILES string of the molecule is NC(CCc1ccsc1)C1CCCOC1. The first-order chi connectivity index (χ1) is 7.36. The van der Waals surface area contributed by atoms with Gasteiger partial charge in [0.25, 0.3) is 0 Å². The Kier molecular flexibility index (Phi) is 4.18. The van der Waals surface area contributed by atoms with E-state index in [4.69, 9.17) is 10.5 Å². The molecule has 84 valence electrons. The molecule has 0 saturated carbocycles. The van der Waals surface area contributed by atoms with Crippen molar-refractivity contribution in [1.82, 2.24) is 0 Å². The Morgan fingerprint density at radius 3 is 3.20 bits per heavy atom. The topological polar surface area (TPSA) is 35.2 Å². The highest BCUT2D eigenvalue weighted by molar-refractivity contribution is 7.07. The summed E-state index contributed by atoms with van der Waals surface area (Å²) >= 11 is 1.76. The minimum Gasteiger partial charge on any atom is -0.381 e. The van der Waals surface area contributed by atoms with E-state index in [1.54, 1.807) is 11.3 Å². The third-order valence-corrected chi connectivity index (χ3v) is 3.88. The molecule has 0 aromatic carbocycles. The summed E-state index contributed by atoms with van der Waals surface area (Å²) in [5.74, 6) is 0.581. The summed E-state index contributed by atoms with van der Waals surface area (Å²) < 4.78 is 5.46. The third kappa shape index (κ3) is 3.30. The van der Waals surface area contributed by atoms with Crippen LogP contribution < -0.4 is 5.73 Å². The van der Waals surface area contributed by atoms with Crippen molar-refractivity contribution < 1.29 is 4.74 Å². The molecule has 15 heavy (non-hydrogen) atoms. The number of rotatable bonds is 4. The van der Waals surface area contributed by atoms with Crippen molar-refractivity contribution in [2.75, 3.05) is 13.2 Å². The van der Waals surface area contributed by atoms with Crippen LogP contribution >= 0.6 is 11.3 Å².